The number of hydrogen-bond acceptors (Lipinski definition) is 3. The summed E-state index contributed by atoms with van der Waals surface area (Å²) < 4.78 is 7.85. The zero-order valence-corrected chi connectivity index (χ0v) is 15.0. The number of nitrogens with zero attached hydrogens (tertiary/aromatic N) is 1. The van der Waals surface area contributed by atoms with Crippen molar-refractivity contribution in [1.29, 1.82) is 0 Å². The molecule has 0 aliphatic carbocycles. The number of aryl methyl sites for hydroxylation is 2. The second kappa shape index (κ2) is 5.45. The largest absolute Gasteiger partial charge is 0.464 e. The van der Waals surface area contributed by atoms with E-state index in [1.165, 1.54) is 11.1 Å². The van der Waals surface area contributed by atoms with Crippen LogP contribution in [-0.2, 0) is 22.6 Å². The first-order chi connectivity index (χ1) is 13.7. The van der Waals surface area contributed by atoms with Crippen molar-refractivity contribution in [2.75, 3.05) is 0 Å². The minimum Gasteiger partial charge on any atom is -0.464 e. The lowest BCUT2D eigenvalue weighted by Crippen LogP contribution is -2.22. The summed E-state index contributed by atoms with van der Waals surface area (Å²) in [5.41, 5.74) is 5.34. The van der Waals surface area contributed by atoms with E-state index in [1.807, 2.05) is 42.6 Å². The molecule has 2 amide bonds. The number of carbonyl (C=O) groups is 2. The smallest absolute Gasteiger partial charge is 0.259 e. The van der Waals surface area contributed by atoms with Gasteiger partial charge in [0, 0.05) is 34.6 Å². The van der Waals surface area contributed by atoms with Crippen LogP contribution in [0.25, 0.3) is 33.0 Å². The fraction of sp³-hybridized carbons (Fsp3) is 0.130. The Morgan fingerprint density at radius 3 is 2.64 bits per heavy atom. The molecule has 4 aromatic rings. The van der Waals surface area contributed by atoms with Gasteiger partial charge in [0.25, 0.3) is 11.8 Å². The van der Waals surface area contributed by atoms with Crippen LogP contribution in [-0.4, -0.2) is 16.4 Å². The molecule has 0 spiro atoms. The Hall–Kier alpha value is -3.60. The Morgan fingerprint density at radius 1 is 0.929 bits per heavy atom. The number of furan rings is 1. The van der Waals surface area contributed by atoms with Crippen LogP contribution in [0.4, 0.5) is 0 Å². The van der Waals surface area contributed by atoms with Gasteiger partial charge in [-0.3, -0.25) is 14.9 Å². The van der Waals surface area contributed by atoms with E-state index in [-0.39, 0.29) is 11.8 Å². The van der Waals surface area contributed by atoms with E-state index in [4.69, 9.17) is 4.42 Å². The highest BCUT2D eigenvalue weighted by Crippen LogP contribution is 2.40. The van der Waals surface area contributed by atoms with E-state index in [0.717, 1.165) is 35.7 Å². The third kappa shape index (κ3) is 1.96. The van der Waals surface area contributed by atoms with Crippen LogP contribution in [0, 0.1) is 0 Å². The molecule has 2 aliphatic heterocycles. The minimum atomic E-state index is -0.379. The van der Waals surface area contributed by atoms with E-state index in [1.54, 1.807) is 6.26 Å². The molecule has 0 saturated heterocycles. The van der Waals surface area contributed by atoms with Gasteiger partial charge in [0.05, 0.1) is 22.9 Å². The number of amides is 2. The van der Waals surface area contributed by atoms with Crippen molar-refractivity contribution in [1.82, 2.24) is 9.88 Å². The summed E-state index contributed by atoms with van der Waals surface area (Å²) in [4.78, 5) is 25.6. The average Bonchev–Trinajstić information content (AvgIpc) is 3.39. The van der Waals surface area contributed by atoms with E-state index >= 15 is 0 Å². The van der Waals surface area contributed by atoms with Gasteiger partial charge in [0.1, 0.15) is 5.58 Å². The van der Waals surface area contributed by atoms with Crippen molar-refractivity contribution >= 4 is 44.8 Å². The van der Waals surface area contributed by atoms with Gasteiger partial charge in [0.15, 0.2) is 0 Å². The Balaban J connectivity index is 1.71. The van der Waals surface area contributed by atoms with Gasteiger partial charge < -0.3 is 8.98 Å². The molecule has 28 heavy (non-hydrogen) atoms. The van der Waals surface area contributed by atoms with Crippen molar-refractivity contribution in [3.8, 4) is 0 Å². The molecule has 0 saturated carbocycles. The minimum absolute atomic E-state index is 0.354. The van der Waals surface area contributed by atoms with Gasteiger partial charge in [-0.2, -0.15) is 0 Å². The monoisotopic (exact) mass is 368 g/mol. The van der Waals surface area contributed by atoms with Crippen molar-refractivity contribution in [3.63, 3.8) is 0 Å². The Morgan fingerprint density at radius 2 is 1.75 bits per heavy atom. The molecule has 0 radical (unpaired) electrons. The van der Waals surface area contributed by atoms with Gasteiger partial charge >= 0.3 is 0 Å². The van der Waals surface area contributed by atoms with Crippen LogP contribution in [0.5, 0.6) is 0 Å². The lowest BCUT2D eigenvalue weighted by molar-refractivity contribution is -0.122. The average molecular weight is 368 g/mol. The van der Waals surface area contributed by atoms with E-state index < -0.39 is 0 Å². The number of nitrogens with one attached hydrogen (secondary N) is 1. The molecule has 0 bridgehead atoms. The van der Waals surface area contributed by atoms with Crippen LogP contribution < -0.4 is 5.32 Å². The highest BCUT2D eigenvalue weighted by atomic mass is 16.3. The molecule has 5 heteroatoms. The predicted molar refractivity (Wildman–Crippen MR) is 106 cm³/mol. The quantitative estimate of drug-likeness (QED) is 0.546. The number of fused-ring (bicyclic) bond motifs is 1. The molecule has 5 nitrogen and oxygen atoms in total. The summed E-state index contributed by atoms with van der Waals surface area (Å²) in [6.45, 7) is 0.916. The number of aromatic nitrogens is 1. The number of benzene rings is 2. The van der Waals surface area contributed by atoms with Crippen molar-refractivity contribution in [2.45, 2.75) is 19.4 Å². The molecular formula is C23H16N2O3. The topological polar surface area (TPSA) is 64.2 Å². The number of para-hydroxylation sites is 2. The van der Waals surface area contributed by atoms with E-state index in [0.29, 0.717) is 22.3 Å². The summed E-state index contributed by atoms with van der Waals surface area (Å²) in [6, 6.07) is 13.7. The Labute approximate surface area is 160 Å². The van der Waals surface area contributed by atoms with Crippen LogP contribution in [0.1, 0.15) is 23.1 Å². The molecule has 0 unspecified atom stereocenters. The van der Waals surface area contributed by atoms with Gasteiger partial charge in [-0.1, -0.05) is 36.4 Å². The first-order valence-corrected chi connectivity index (χ1v) is 9.40. The van der Waals surface area contributed by atoms with Gasteiger partial charge in [0.2, 0.25) is 0 Å². The van der Waals surface area contributed by atoms with Crippen molar-refractivity contribution < 1.29 is 14.0 Å². The molecule has 4 heterocycles. The van der Waals surface area contributed by atoms with Crippen molar-refractivity contribution in [2.24, 2.45) is 0 Å². The van der Waals surface area contributed by atoms with E-state index in [9.17, 15) is 9.59 Å². The maximum Gasteiger partial charge on any atom is 0.259 e. The summed E-state index contributed by atoms with van der Waals surface area (Å²) in [5, 5.41) is 4.41. The summed E-state index contributed by atoms with van der Waals surface area (Å²) in [7, 11) is 0. The van der Waals surface area contributed by atoms with Gasteiger partial charge in [-0.15, -0.1) is 0 Å². The fourth-order valence-corrected chi connectivity index (χ4v) is 4.61. The molecule has 0 fully saturated rings. The van der Waals surface area contributed by atoms with Crippen LogP contribution in [0.15, 0.2) is 59.3 Å². The summed E-state index contributed by atoms with van der Waals surface area (Å²) in [6.07, 6.45) is 5.72. The lowest BCUT2D eigenvalue weighted by Gasteiger charge is -2.14. The standard InChI is InChI=1S/C23H16N2O3/c26-22-18(16-8-2-5-14-9-11-28-21(14)16)19(23(27)24-22)17-12-25-10-3-6-13-4-1-7-15(17)20(13)25/h1-2,4-5,7-9,11-12H,3,6,10H2,(H,24,26,27). The zero-order chi connectivity index (χ0) is 18.8. The second-order valence-electron chi connectivity index (χ2n) is 7.33. The maximum atomic E-state index is 12.9. The second-order valence-corrected chi connectivity index (χ2v) is 7.33. The summed E-state index contributed by atoms with van der Waals surface area (Å²) in [5.74, 6) is -0.733. The molecule has 0 atom stereocenters. The first-order valence-electron chi connectivity index (χ1n) is 9.40. The third-order valence-corrected chi connectivity index (χ3v) is 5.78. The number of imide groups is 1. The summed E-state index contributed by atoms with van der Waals surface area (Å²) >= 11 is 0. The van der Waals surface area contributed by atoms with E-state index in [2.05, 4.69) is 16.0 Å². The highest BCUT2D eigenvalue weighted by Gasteiger charge is 2.35. The third-order valence-electron chi connectivity index (χ3n) is 5.78. The van der Waals surface area contributed by atoms with Crippen LogP contribution in [0.3, 0.4) is 0 Å². The first kappa shape index (κ1) is 15.5. The molecule has 2 aromatic heterocycles. The highest BCUT2D eigenvalue weighted by molar-refractivity contribution is 6.50. The zero-order valence-electron chi connectivity index (χ0n) is 15.0. The molecule has 6 rings (SSSR count). The molecule has 136 valence electrons. The maximum absolute atomic E-state index is 12.9. The van der Waals surface area contributed by atoms with Gasteiger partial charge in [-0.25, -0.2) is 0 Å². The fourth-order valence-electron chi connectivity index (χ4n) is 4.61. The number of rotatable bonds is 2. The lowest BCUT2D eigenvalue weighted by atomic mass is 9.94. The molecular weight excluding hydrogens is 352 g/mol. The molecule has 1 N–H and O–H groups in total. The number of hydrogen-bond donors (Lipinski definition) is 1. The Kier molecular flexibility index (Phi) is 3.01. The van der Waals surface area contributed by atoms with Gasteiger partial charge in [-0.05, 0) is 24.5 Å². The normalized spacial score (nSPS) is 16.4. The van der Waals surface area contributed by atoms with Crippen molar-refractivity contribution in [3.05, 3.63) is 71.6 Å². The van der Waals surface area contributed by atoms with Crippen LogP contribution in [0.2, 0.25) is 0 Å². The SMILES string of the molecule is O=C1NC(=O)C(c2cccc3ccoc23)=C1c1cn2c3c(cccc13)CCC2. The predicted octanol–water partition coefficient (Wildman–Crippen LogP) is 3.90. The molecule has 2 aromatic carbocycles. The number of carbonyl (C=O) groups excluding carboxylic acids is 2. The van der Waals surface area contributed by atoms with Crippen LogP contribution >= 0.6 is 0 Å². The molecule has 2 aliphatic rings. The Bertz CT molecular complexity index is 1350.